The van der Waals surface area contributed by atoms with Crippen molar-refractivity contribution in [2.75, 3.05) is 42.9 Å². The Labute approximate surface area is 176 Å². The van der Waals surface area contributed by atoms with Gasteiger partial charge in [0.25, 0.3) is 5.69 Å². The minimum atomic E-state index is -0.453. The predicted octanol–water partition coefficient (Wildman–Crippen LogP) is 3.78. The van der Waals surface area contributed by atoms with E-state index in [1.54, 1.807) is 18.2 Å². The van der Waals surface area contributed by atoms with Crippen LogP contribution in [0.3, 0.4) is 0 Å². The van der Waals surface area contributed by atoms with Gasteiger partial charge in [-0.05, 0) is 49.1 Å². The van der Waals surface area contributed by atoms with Crippen molar-refractivity contribution in [3.63, 3.8) is 0 Å². The molecule has 4 rings (SSSR count). The molecule has 7 heteroatoms. The monoisotopic (exact) mass is 406 g/mol. The second-order valence-electron chi connectivity index (χ2n) is 7.92. The van der Waals surface area contributed by atoms with Crippen LogP contribution in [-0.4, -0.2) is 48.5 Å². The quantitative estimate of drug-likeness (QED) is 0.430. The standard InChI is InChI=1S/C23H26N4O3/c28-23(11-10-19-4-1-2-7-22(19)27(29)30)24-20-5-3-6-21(16-20)26-14-12-25(13-15-26)17-18-8-9-18/h1-7,10-11,16,18H,8-9,12-15,17H2,(H,24,28). The van der Waals surface area contributed by atoms with Crippen molar-refractivity contribution in [1.29, 1.82) is 0 Å². The van der Waals surface area contributed by atoms with Crippen LogP contribution in [-0.2, 0) is 4.79 Å². The fourth-order valence-corrected chi connectivity index (χ4v) is 3.78. The number of para-hydroxylation sites is 1. The third-order valence-electron chi connectivity index (χ3n) is 5.61. The largest absolute Gasteiger partial charge is 0.369 e. The van der Waals surface area contributed by atoms with Crippen LogP contribution in [0.2, 0.25) is 0 Å². The Kier molecular flexibility index (Phi) is 6.09. The number of carbonyl (C=O) groups is 1. The minimum Gasteiger partial charge on any atom is -0.369 e. The van der Waals surface area contributed by atoms with E-state index in [0.717, 1.165) is 37.8 Å². The van der Waals surface area contributed by atoms with Gasteiger partial charge in [-0.2, -0.15) is 0 Å². The lowest BCUT2D eigenvalue weighted by Gasteiger charge is -2.36. The fraction of sp³-hybridized carbons (Fsp3) is 0.348. The van der Waals surface area contributed by atoms with Gasteiger partial charge in [0.05, 0.1) is 10.5 Å². The number of anilines is 2. The van der Waals surface area contributed by atoms with E-state index in [1.165, 1.54) is 37.6 Å². The molecule has 1 aliphatic carbocycles. The van der Waals surface area contributed by atoms with Crippen molar-refractivity contribution in [3.8, 4) is 0 Å². The molecule has 1 amide bonds. The zero-order valence-electron chi connectivity index (χ0n) is 16.9. The molecule has 156 valence electrons. The molecular weight excluding hydrogens is 380 g/mol. The zero-order chi connectivity index (χ0) is 20.9. The normalized spacial score (nSPS) is 17.3. The number of carbonyl (C=O) groups excluding carboxylic acids is 1. The van der Waals surface area contributed by atoms with Crippen LogP contribution in [0, 0.1) is 16.0 Å². The molecule has 0 bridgehead atoms. The van der Waals surface area contributed by atoms with E-state index in [4.69, 9.17) is 0 Å². The lowest BCUT2D eigenvalue weighted by Crippen LogP contribution is -2.47. The fourth-order valence-electron chi connectivity index (χ4n) is 3.78. The molecule has 2 fully saturated rings. The van der Waals surface area contributed by atoms with E-state index in [1.807, 2.05) is 18.2 Å². The topological polar surface area (TPSA) is 78.7 Å². The maximum absolute atomic E-state index is 12.3. The van der Waals surface area contributed by atoms with E-state index in [0.29, 0.717) is 11.3 Å². The summed E-state index contributed by atoms with van der Waals surface area (Å²) in [6, 6.07) is 14.2. The van der Waals surface area contributed by atoms with Crippen molar-refractivity contribution < 1.29 is 9.72 Å². The highest BCUT2D eigenvalue weighted by atomic mass is 16.6. The Balaban J connectivity index is 1.35. The molecule has 0 radical (unpaired) electrons. The number of amides is 1. The van der Waals surface area contributed by atoms with E-state index >= 15 is 0 Å². The van der Waals surface area contributed by atoms with Gasteiger partial charge < -0.3 is 10.2 Å². The Hall–Kier alpha value is -3.19. The van der Waals surface area contributed by atoms with Gasteiger partial charge in [0.2, 0.25) is 5.91 Å². The Morgan fingerprint density at radius 1 is 1.10 bits per heavy atom. The van der Waals surface area contributed by atoms with Gasteiger partial charge in [-0.15, -0.1) is 0 Å². The maximum Gasteiger partial charge on any atom is 0.276 e. The van der Waals surface area contributed by atoms with Crippen LogP contribution in [0.15, 0.2) is 54.6 Å². The molecule has 1 N–H and O–H groups in total. The lowest BCUT2D eigenvalue weighted by atomic mass is 10.1. The number of hydrogen-bond donors (Lipinski definition) is 1. The third-order valence-corrected chi connectivity index (χ3v) is 5.61. The highest BCUT2D eigenvalue weighted by Gasteiger charge is 2.26. The van der Waals surface area contributed by atoms with Gasteiger partial charge in [0.15, 0.2) is 0 Å². The summed E-state index contributed by atoms with van der Waals surface area (Å²) in [4.78, 5) is 27.8. The molecule has 2 aromatic rings. The van der Waals surface area contributed by atoms with Crippen molar-refractivity contribution in [2.45, 2.75) is 12.8 Å². The number of benzene rings is 2. The summed E-state index contributed by atoms with van der Waals surface area (Å²) in [6.45, 7) is 5.36. The molecule has 0 spiro atoms. The highest BCUT2D eigenvalue weighted by molar-refractivity contribution is 6.02. The van der Waals surface area contributed by atoms with E-state index in [2.05, 4.69) is 21.2 Å². The molecule has 0 unspecified atom stereocenters. The Morgan fingerprint density at radius 2 is 1.87 bits per heavy atom. The van der Waals surface area contributed by atoms with E-state index in [-0.39, 0.29) is 11.6 Å². The number of nitrogens with one attached hydrogen (secondary N) is 1. The van der Waals surface area contributed by atoms with Crippen molar-refractivity contribution in [3.05, 3.63) is 70.3 Å². The summed E-state index contributed by atoms with van der Waals surface area (Å²) < 4.78 is 0. The molecule has 1 saturated carbocycles. The number of nitrogens with zero attached hydrogens (tertiary/aromatic N) is 3. The van der Waals surface area contributed by atoms with Gasteiger partial charge in [0, 0.05) is 56.2 Å². The molecular formula is C23H26N4O3. The van der Waals surface area contributed by atoms with Crippen molar-refractivity contribution >= 4 is 29.0 Å². The van der Waals surface area contributed by atoms with Gasteiger partial charge in [0.1, 0.15) is 0 Å². The molecule has 2 aromatic carbocycles. The van der Waals surface area contributed by atoms with Gasteiger partial charge in [-0.25, -0.2) is 0 Å². The average Bonchev–Trinajstić information content (AvgIpc) is 3.57. The lowest BCUT2D eigenvalue weighted by molar-refractivity contribution is -0.385. The molecule has 30 heavy (non-hydrogen) atoms. The average molecular weight is 406 g/mol. The van der Waals surface area contributed by atoms with Crippen LogP contribution < -0.4 is 10.2 Å². The second-order valence-corrected chi connectivity index (χ2v) is 7.92. The number of rotatable bonds is 7. The molecule has 1 aliphatic heterocycles. The number of nitro groups is 1. The third kappa shape index (κ3) is 5.24. The van der Waals surface area contributed by atoms with Crippen LogP contribution in [0.4, 0.5) is 17.1 Å². The summed E-state index contributed by atoms with van der Waals surface area (Å²) in [6.07, 6.45) is 5.56. The first kappa shape index (κ1) is 20.1. The van der Waals surface area contributed by atoms with Crippen molar-refractivity contribution in [1.82, 2.24) is 4.90 Å². The maximum atomic E-state index is 12.3. The van der Waals surface area contributed by atoms with Gasteiger partial charge in [-0.1, -0.05) is 18.2 Å². The van der Waals surface area contributed by atoms with Crippen LogP contribution in [0.5, 0.6) is 0 Å². The van der Waals surface area contributed by atoms with E-state index in [9.17, 15) is 14.9 Å². The number of piperazine rings is 1. The molecule has 7 nitrogen and oxygen atoms in total. The molecule has 2 aliphatic rings. The summed E-state index contributed by atoms with van der Waals surface area (Å²) >= 11 is 0. The summed E-state index contributed by atoms with van der Waals surface area (Å²) in [5, 5.41) is 13.9. The highest BCUT2D eigenvalue weighted by Crippen LogP contribution is 2.30. The van der Waals surface area contributed by atoms with Crippen LogP contribution in [0.25, 0.3) is 6.08 Å². The molecule has 1 saturated heterocycles. The van der Waals surface area contributed by atoms with E-state index < -0.39 is 4.92 Å². The first-order valence-electron chi connectivity index (χ1n) is 10.4. The second kappa shape index (κ2) is 9.09. The van der Waals surface area contributed by atoms with Gasteiger partial charge >= 0.3 is 0 Å². The first-order chi connectivity index (χ1) is 14.6. The summed E-state index contributed by atoms with van der Waals surface area (Å²) in [7, 11) is 0. The number of hydrogen-bond acceptors (Lipinski definition) is 5. The minimum absolute atomic E-state index is 0.0237. The Morgan fingerprint density at radius 3 is 2.60 bits per heavy atom. The van der Waals surface area contributed by atoms with Crippen LogP contribution in [0.1, 0.15) is 18.4 Å². The smallest absolute Gasteiger partial charge is 0.276 e. The first-order valence-corrected chi connectivity index (χ1v) is 10.4. The molecule has 0 aromatic heterocycles. The summed E-state index contributed by atoms with van der Waals surface area (Å²) in [5.41, 5.74) is 2.19. The molecule has 0 atom stereocenters. The zero-order valence-corrected chi connectivity index (χ0v) is 16.9. The Bertz CT molecular complexity index is 947. The predicted molar refractivity (Wildman–Crippen MR) is 119 cm³/mol. The molecule has 1 heterocycles. The van der Waals surface area contributed by atoms with Gasteiger partial charge in [-0.3, -0.25) is 19.8 Å². The SMILES string of the molecule is O=C(C=Cc1ccccc1[N+](=O)[O-])Nc1cccc(N2CCN(CC3CC3)CC2)c1. The summed E-state index contributed by atoms with van der Waals surface area (Å²) in [5.74, 6) is 0.597. The van der Waals surface area contributed by atoms with Crippen LogP contribution >= 0.6 is 0 Å². The number of nitro benzene ring substituents is 1. The van der Waals surface area contributed by atoms with Crippen molar-refractivity contribution in [2.24, 2.45) is 5.92 Å².